The van der Waals surface area contributed by atoms with Gasteiger partial charge in [0.15, 0.2) is 5.82 Å². The van der Waals surface area contributed by atoms with Gasteiger partial charge in [0, 0.05) is 74.5 Å². The molecular weight excluding hydrogens is 426 g/mol. The SMILES string of the molecule is CCC(c1ccc(C2CC2)nc1)N1CCN(/C(=C/C(=O)NC)c2ncc(CC#N)[nH]2)[C@@H](CC)C1. The van der Waals surface area contributed by atoms with E-state index in [0.29, 0.717) is 17.8 Å². The van der Waals surface area contributed by atoms with Crippen molar-refractivity contribution in [1.82, 2.24) is 30.1 Å². The predicted molar refractivity (Wildman–Crippen MR) is 132 cm³/mol. The number of hydrogen-bond acceptors (Lipinski definition) is 6. The second-order valence-electron chi connectivity index (χ2n) is 9.20. The molecule has 1 aliphatic carbocycles. The predicted octanol–water partition coefficient (Wildman–Crippen LogP) is 3.38. The van der Waals surface area contributed by atoms with Gasteiger partial charge in [-0.25, -0.2) is 4.98 Å². The maximum atomic E-state index is 12.3. The van der Waals surface area contributed by atoms with Crippen LogP contribution < -0.4 is 5.32 Å². The molecule has 1 saturated heterocycles. The van der Waals surface area contributed by atoms with Crippen LogP contribution in [-0.4, -0.2) is 63.4 Å². The number of likely N-dealkylation sites (N-methyl/N-ethyl adjacent to an activating group) is 1. The maximum Gasteiger partial charge on any atom is 0.245 e. The molecule has 0 aromatic carbocycles. The third-order valence-corrected chi connectivity index (χ3v) is 6.97. The summed E-state index contributed by atoms with van der Waals surface area (Å²) in [4.78, 5) is 29.7. The van der Waals surface area contributed by atoms with Crippen LogP contribution in [0.1, 0.15) is 74.3 Å². The van der Waals surface area contributed by atoms with E-state index in [1.165, 1.54) is 24.1 Å². The number of rotatable bonds is 9. The highest BCUT2D eigenvalue weighted by Crippen LogP contribution is 2.39. The number of amides is 1. The third-order valence-electron chi connectivity index (χ3n) is 6.97. The lowest BCUT2D eigenvalue weighted by atomic mass is 9.99. The second-order valence-corrected chi connectivity index (χ2v) is 9.20. The summed E-state index contributed by atoms with van der Waals surface area (Å²) in [5, 5.41) is 11.7. The van der Waals surface area contributed by atoms with Crippen LogP contribution in [0.5, 0.6) is 0 Å². The molecule has 0 radical (unpaired) electrons. The zero-order valence-electron chi connectivity index (χ0n) is 20.4. The Kier molecular flexibility index (Phi) is 7.63. The Bertz CT molecular complexity index is 1050. The Morgan fingerprint density at radius 3 is 2.74 bits per heavy atom. The molecule has 8 nitrogen and oxygen atoms in total. The fraction of sp³-hybridized carbons (Fsp3) is 0.538. The molecule has 1 aliphatic heterocycles. The van der Waals surface area contributed by atoms with Crippen molar-refractivity contribution in [3.63, 3.8) is 0 Å². The lowest BCUT2D eigenvalue weighted by Crippen LogP contribution is -2.53. The Hall–Kier alpha value is -3.18. The van der Waals surface area contributed by atoms with E-state index in [9.17, 15) is 4.79 Å². The number of pyridine rings is 1. The number of aromatic nitrogens is 3. The maximum absolute atomic E-state index is 12.3. The highest BCUT2D eigenvalue weighted by Gasteiger charge is 2.33. The zero-order chi connectivity index (χ0) is 24.1. The number of nitriles is 1. The molecule has 3 heterocycles. The van der Waals surface area contributed by atoms with Gasteiger partial charge >= 0.3 is 0 Å². The molecule has 8 heteroatoms. The molecule has 2 aromatic heterocycles. The summed E-state index contributed by atoms with van der Waals surface area (Å²) in [6.07, 6.45) is 10.1. The van der Waals surface area contributed by atoms with Crippen LogP contribution in [0.3, 0.4) is 0 Å². The number of carbonyl (C=O) groups is 1. The van der Waals surface area contributed by atoms with E-state index in [-0.39, 0.29) is 18.4 Å². The molecule has 2 aromatic rings. The topological polar surface area (TPSA) is 101 Å². The molecule has 180 valence electrons. The van der Waals surface area contributed by atoms with E-state index in [2.05, 4.69) is 63.3 Å². The first kappa shape index (κ1) is 24.0. The lowest BCUT2D eigenvalue weighted by molar-refractivity contribution is -0.116. The standard InChI is InChI=1S/C26H35N7O/c1-4-21-17-32(23(5-2)19-8-9-22(29-15-19)18-6-7-18)12-13-33(21)24(14-25(34)28-3)26-30-16-20(31-26)10-11-27/h8-9,14-16,18,21,23H,4-7,10,12-13,17H2,1-3H3,(H,28,34)(H,30,31)/b24-14+/t21-,23?/m0/s1. The summed E-state index contributed by atoms with van der Waals surface area (Å²) in [5.74, 6) is 1.13. The van der Waals surface area contributed by atoms with E-state index in [1.54, 1.807) is 19.3 Å². The van der Waals surface area contributed by atoms with E-state index in [4.69, 9.17) is 10.2 Å². The summed E-state index contributed by atoms with van der Waals surface area (Å²) >= 11 is 0. The Balaban J connectivity index is 1.54. The fourth-order valence-corrected chi connectivity index (χ4v) is 4.92. The van der Waals surface area contributed by atoms with Gasteiger partial charge in [-0.3, -0.25) is 14.7 Å². The van der Waals surface area contributed by atoms with Crippen LogP contribution in [0.4, 0.5) is 0 Å². The highest BCUT2D eigenvalue weighted by atomic mass is 16.1. The molecule has 2 fully saturated rings. The number of nitrogens with zero attached hydrogens (tertiary/aromatic N) is 5. The number of carbonyl (C=O) groups excluding carboxylic acids is 1. The van der Waals surface area contributed by atoms with Crippen LogP contribution in [0.15, 0.2) is 30.6 Å². The molecule has 0 spiro atoms. The molecule has 2 aliphatic rings. The van der Waals surface area contributed by atoms with Gasteiger partial charge in [-0.1, -0.05) is 19.9 Å². The number of imidazole rings is 1. The van der Waals surface area contributed by atoms with Crippen LogP contribution in [0, 0.1) is 11.3 Å². The average Bonchev–Trinajstić information content (AvgIpc) is 3.62. The summed E-state index contributed by atoms with van der Waals surface area (Å²) in [7, 11) is 1.63. The number of piperazine rings is 1. The van der Waals surface area contributed by atoms with Crippen LogP contribution in [0.2, 0.25) is 0 Å². The minimum Gasteiger partial charge on any atom is -0.363 e. The van der Waals surface area contributed by atoms with E-state index in [0.717, 1.165) is 43.9 Å². The monoisotopic (exact) mass is 461 g/mol. The largest absolute Gasteiger partial charge is 0.363 e. The van der Waals surface area contributed by atoms with Crippen LogP contribution in [0.25, 0.3) is 5.70 Å². The summed E-state index contributed by atoms with van der Waals surface area (Å²) in [6.45, 7) is 7.00. The molecule has 4 rings (SSSR count). The van der Waals surface area contributed by atoms with Crippen molar-refractivity contribution in [3.05, 3.63) is 53.4 Å². The van der Waals surface area contributed by atoms with Crippen molar-refractivity contribution < 1.29 is 4.79 Å². The van der Waals surface area contributed by atoms with Crippen molar-refractivity contribution in [2.75, 3.05) is 26.7 Å². The smallest absolute Gasteiger partial charge is 0.245 e. The number of hydrogen-bond donors (Lipinski definition) is 2. The molecule has 1 saturated carbocycles. The molecular formula is C26H35N7O. The molecule has 2 atom stereocenters. The van der Waals surface area contributed by atoms with Gasteiger partial charge < -0.3 is 15.2 Å². The van der Waals surface area contributed by atoms with Crippen LogP contribution in [-0.2, 0) is 11.2 Å². The second kappa shape index (κ2) is 10.8. The third kappa shape index (κ3) is 5.31. The van der Waals surface area contributed by atoms with Gasteiger partial charge in [0.25, 0.3) is 0 Å². The van der Waals surface area contributed by atoms with Crippen molar-refractivity contribution in [1.29, 1.82) is 5.26 Å². The number of nitrogens with one attached hydrogen (secondary N) is 2. The first-order valence-corrected chi connectivity index (χ1v) is 12.4. The molecule has 34 heavy (non-hydrogen) atoms. The number of H-pyrrole nitrogens is 1. The zero-order valence-corrected chi connectivity index (χ0v) is 20.4. The average molecular weight is 462 g/mol. The van der Waals surface area contributed by atoms with Crippen molar-refractivity contribution in [2.45, 2.75) is 64.0 Å². The lowest BCUT2D eigenvalue weighted by Gasteiger charge is -2.45. The van der Waals surface area contributed by atoms with Gasteiger partial charge in [0.1, 0.15) is 0 Å². The Labute approximate surface area is 202 Å². The molecule has 0 bridgehead atoms. The normalized spacial score (nSPS) is 20.1. The van der Waals surface area contributed by atoms with E-state index < -0.39 is 0 Å². The minimum absolute atomic E-state index is 0.168. The van der Waals surface area contributed by atoms with Crippen molar-refractivity contribution in [2.24, 2.45) is 0 Å². The Morgan fingerprint density at radius 2 is 2.12 bits per heavy atom. The Morgan fingerprint density at radius 1 is 1.29 bits per heavy atom. The van der Waals surface area contributed by atoms with Gasteiger partial charge in [0.2, 0.25) is 5.91 Å². The van der Waals surface area contributed by atoms with Gasteiger partial charge in [-0.05, 0) is 37.3 Å². The first-order chi connectivity index (χ1) is 16.6. The molecule has 2 N–H and O–H groups in total. The fourth-order valence-electron chi connectivity index (χ4n) is 4.92. The van der Waals surface area contributed by atoms with Crippen LogP contribution >= 0.6 is 0 Å². The summed E-state index contributed by atoms with van der Waals surface area (Å²) < 4.78 is 0. The van der Waals surface area contributed by atoms with Crippen molar-refractivity contribution in [3.8, 4) is 6.07 Å². The summed E-state index contributed by atoms with van der Waals surface area (Å²) in [6, 6.07) is 7.19. The first-order valence-electron chi connectivity index (χ1n) is 12.4. The number of aromatic amines is 1. The summed E-state index contributed by atoms with van der Waals surface area (Å²) in [5.41, 5.74) is 4.04. The highest BCUT2D eigenvalue weighted by molar-refractivity contribution is 5.94. The van der Waals surface area contributed by atoms with E-state index in [1.807, 2.05) is 0 Å². The molecule has 1 amide bonds. The van der Waals surface area contributed by atoms with Gasteiger partial charge in [-0.15, -0.1) is 0 Å². The quantitative estimate of drug-likeness (QED) is 0.555. The van der Waals surface area contributed by atoms with Crippen molar-refractivity contribution >= 4 is 11.6 Å². The molecule has 1 unspecified atom stereocenters. The van der Waals surface area contributed by atoms with E-state index >= 15 is 0 Å². The minimum atomic E-state index is -0.168. The van der Waals surface area contributed by atoms with Gasteiger partial charge in [0.05, 0.1) is 18.2 Å². The van der Waals surface area contributed by atoms with Gasteiger partial charge in [-0.2, -0.15) is 5.26 Å².